The first kappa shape index (κ1) is 29.4. The molecule has 7 nitrogen and oxygen atoms in total. The maximum atomic E-state index is 14.4. The summed E-state index contributed by atoms with van der Waals surface area (Å²) in [6.07, 6.45) is 9.77. The summed E-state index contributed by atoms with van der Waals surface area (Å²) in [5.74, 6) is -1.52. The molecule has 3 aliphatic rings. The molecule has 0 aliphatic carbocycles. The fraction of sp³-hybridized carbons (Fsp3) is 0.581. The van der Waals surface area contributed by atoms with E-state index in [2.05, 4.69) is 13.2 Å². The van der Waals surface area contributed by atoms with Crippen LogP contribution in [0.2, 0.25) is 0 Å². The summed E-state index contributed by atoms with van der Waals surface area (Å²) >= 11 is 1.68. The number of amides is 2. The molecule has 2 amide bonds. The standard InChI is InChI=1S/C31H42N2O5S/c1-3-5-13-21-38-30(37)25-24-16-17-31(39-24)26(25)28(35)33(19-11-6-7-12-20-34)27(31)29(36)32(18-4-2)22-23-14-9-8-10-15-23/h3-4,8-10,14-15,24-27,34H,1-2,5-7,11-13,16-22H2/t24-,25+,26+,27?,31?/m1/s1. The number of benzene rings is 1. The van der Waals surface area contributed by atoms with Crippen LogP contribution in [0.25, 0.3) is 0 Å². The molecule has 1 aromatic carbocycles. The molecule has 5 atom stereocenters. The highest BCUT2D eigenvalue weighted by Crippen LogP contribution is 2.66. The van der Waals surface area contributed by atoms with Crippen LogP contribution in [-0.4, -0.2) is 75.0 Å². The molecule has 4 rings (SSSR count). The van der Waals surface area contributed by atoms with Gasteiger partial charge in [0.2, 0.25) is 11.8 Å². The Morgan fingerprint density at radius 2 is 1.90 bits per heavy atom. The van der Waals surface area contributed by atoms with E-state index in [0.717, 1.165) is 50.5 Å². The van der Waals surface area contributed by atoms with Gasteiger partial charge in [0, 0.05) is 31.5 Å². The number of rotatable bonds is 16. The van der Waals surface area contributed by atoms with Crippen molar-refractivity contribution in [1.82, 2.24) is 9.80 Å². The highest BCUT2D eigenvalue weighted by molar-refractivity contribution is 8.02. The van der Waals surface area contributed by atoms with Gasteiger partial charge in [-0.05, 0) is 44.1 Å². The lowest BCUT2D eigenvalue weighted by Gasteiger charge is -2.37. The molecule has 8 heteroatoms. The Morgan fingerprint density at radius 1 is 1.13 bits per heavy atom. The van der Waals surface area contributed by atoms with Gasteiger partial charge < -0.3 is 19.6 Å². The number of likely N-dealkylation sites (tertiary alicyclic amines) is 1. The Balaban J connectivity index is 1.61. The Hall–Kier alpha value is -2.58. The van der Waals surface area contributed by atoms with Crippen molar-refractivity contribution in [3.05, 3.63) is 61.2 Å². The van der Waals surface area contributed by atoms with E-state index in [4.69, 9.17) is 9.84 Å². The molecule has 3 saturated heterocycles. The van der Waals surface area contributed by atoms with Crippen LogP contribution in [0.15, 0.2) is 55.6 Å². The van der Waals surface area contributed by atoms with Gasteiger partial charge in [-0.25, -0.2) is 0 Å². The summed E-state index contributed by atoms with van der Waals surface area (Å²) in [6.45, 7) is 9.36. The normalized spacial score (nSPS) is 26.9. The SMILES string of the molecule is C=CCCCOC(=O)[C@@H]1[C@H]2C(=O)N(CCCCCCO)C(C(=O)N(CC=C)Cc3ccccc3)C23CC[C@H]1S3. The molecule has 0 saturated carbocycles. The molecule has 3 aliphatic heterocycles. The molecule has 3 heterocycles. The van der Waals surface area contributed by atoms with E-state index in [0.29, 0.717) is 32.7 Å². The monoisotopic (exact) mass is 554 g/mol. The molecule has 3 fully saturated rings. The van der Waals surface area contributed by atoms with E-state index in [1.165, 1.54) is 0 Å². The molecule has 0 radical (unpaired) electrons. The predicted molar refractivity (Wildman–Crippen MR) is 154 cm³/mol. The third-order valence-corrected chi connectivity index (χ3v) is 10.2. The van der Waals surface area contributed by atoms with Gasteiger partial charge in [-0.2, -0.15) is 0 Å². The molecule has 2 unspecified atom stereocenters. The highest BCUT2D eigenvalue weighted by Gasteiger charge is 2.74. The number of thioether (sulfide) groups is 1. The van der Waals surface area contributed by atoms with Gasteiger partial charge in [0.05, 0.1) is 23.2 Å². The van der Waals surface area contributed by atoms with E-state index in [1.54, 1.807) is 33.7 Å². The van der Waals surface area contributed by atoms with Crippen LogP contribution in [0.5, 0.6) is 0 Å². The van der Waals surface area contributed by atoms with Crippen molar-refractivity contribution in [2.45, 2.75) is 74.0 Å². The molecular formula is C31H42N2O5S. The lowest BCUT2D eigenvalue weighted by Crippen LogP contribution is -2.54. The van der Waals surface area contributed by atoms with E-state index < -0.39 is 22.6 Å². The summed E-state index contributed by atoms with van der Waals surface area (Å²) in [7, 11) is 0. The van der Waals surface area contributed by atoms with Crippen LogP contribution < -0.4 is 0 Å². The predicted octanol–water partition coefficient (Wildman–Crippen LogP) is 4.35. The molecule has 1 N–H and O–H groups in total. The molecule has 1 spiro atoms. The molecule has 212 valence electrons. The molecular weight excluding hydrogens is 512 g/mol. The molecule has 0 aromatic heterocycles. The van der Waals surface area contributed by atoms with Gasteiger partial charge >= 0.3 is 5.97 Å². The number of aliphatic hydroxyl groups excluding tert-OH is 1. The number of esters is 1. The Labute approximate surface area is 236 Å². The number of allylic oxidation sites excluding steroid dienone is 1. The first-order chi connectivity index (χ1) is 19.0. The van der Waals surface area contributed by atoms with Crippen molar-refractivity contribution < 1.29 is 24.2 Å². The zero-order chi connectivity index (χ0) is 27.8. The lowest BCUT2D eigenvalue weighted by atomic mass is 9.71. The molecule has 1 aromatic rings. The Kier molecular flexibility index (Phi) is 10.3. The third kappa shape index (κ3) is 6.12. The molecule has 2 bridgehead atoms. The number of aliphatic hydroxyl groups is 1. The van der Waals surface area contributed by atoms with Gasteiger partial charge in [0.15, 0.2) is 0 Å². The van der Waals surface area contributed by atoms with Crippen LogP contribution in [0, 0.1) is 11.8 Å². The number of ether oxygens (including phenoxy) is 1. The van der Waals surface area contributed by atoms with E-state index in [-0.39, 0.29) is 29.6 Å². The minimum atomic E-state index is -0.620. The topological polar surface area (TPSA) is 87.1 Å². The number of carbonyl (C=O) groups is 3. The van der Waals surface area contributed by atoms with Crippen LogP contribution in [0.4, 0.5) is 0 Å². The van der Waals surface area contributed by atoms with Crippen molar-refractivity contribution in [3.8, 4) is 0 Å². The minimum absolute atomic E-state index is 0.00478. The number of nitrogens with zero attached hydrogens (tertiary/aromatic N) is 2. The molecule has 39 heavy (non-hydrogen) atoms. The maximum absolute atomic E-state index is 14.4. The number of hydrogen-bond donors (Lipinski definition) is 1. The lowest BCUT2D eigenvalue weighted by molar-refractivity contribution is -0.154. The number of carbonyl (C=O) groups excluding carboxylic acids is 3. The third-order valence-electron chi connectivity index (χ3n) is 8.29. The quantitative estimate of drug-likeness (QED) is 0.186. The van der Waals surface area contributed by atoms with Crippen LogP contribution in [0.1, 0.15) is 56.9 Å². The van der Waals surface area contributed by atoms with Crippen molar-refractivity contribution in [2.24, 2.45) is 11.8 Å². The second kappa shape index (κ2) is 13.7. The maximum Gasteiger partial charge on any atom is 0.310 e. The van der Waals surface area contributed by atoms with Gasteiger partial charge in [-0.3, -0.25) is 14.4 Å². The summed E-state index contributed by atoms with van der Waals surface area (Å²) in [4.78, 5) is 45.4. The van der Waals surface area contributed by atoms with Crippen molar-refractivity contribution in [1.29, 1.82) is 0 Å². The number of fused-ring (bicyclic) bond motifs is 1. The van der Waals surface area contributed by atoms with Crippen LogP contribution in [-0.2, 0) is 25.7 Å². The zero-order valence-electron chi connectivity index (χ0n) is 22.8. The summed E-state index contributed by atoms with van der Waals surface area (Å²) < 4.78 is 5.03. The smallest absolute Gasteiger partial charge is 0.310 e. The average molecular weight is 555 g/mol. The summed E-state index contributed by atoms with van der Waals surface area (Å²) in [5, 5.41) is 9.14. The van der Waals surface area contributed by atoms with E-state index in [1.807, 2.05) is 30.3 Å². The Morgan fingerprint density at radius 3 is 2.62 bits per heavy atom. The van der Waals surface area contributed by atoms with Gasteiger partial charge in [-0.15, -0.1) is 24.9 Å². The fourth-order valence-corrected chi connectivity index (χ4v) is 8.75. The van der Waals surface area contributed by atoms with E-state index in [9.17, 15) is 14.4 Å². The zero-order valence-corrected chi connectivity index (χ0v) is 23.7. The van der Waals surface area contributed by atoms with Gasteiger partial charge in [0.1, 0.15) is 6.04 Å². The first-order valence-corrected chi connectivity index (χ1v) is 15.2. The largest absolute Gasteiger partial charge is 0.465 e. The second-order valence-electron chi connectivity index (χ2n) is 10.8. The second-order valence-corrected chi connectivity index (χ2v) is 12.4. The van der Waals surface area contributed by atoms with Crippen molar-refractivity contribution >= 4 is 29.5 Å². The van der Waals surface area contributed by atoms with Crippen molar-refractivity contribution in [2.75, 3.05) is 26.3 Å². The number of hydrogen-bond acceptors (Lipinski definition) is 6. The first-order valence-electron chi connectivity index (χ1n) is 14.3. The fourth-order valence-electron chi connectivity index (χ4n) is 6.55. The van der Waals surface area contributed by atoms with Crippen molar-refractivity contribution in [3.63, 3.8) is 0 Å². The van der Waals surface area contributed by atoms with Crippen LogP contribution in [0.3, 0.4) is 0 Å². The van der Waals surface area contributed by atoms with Crippen LogP contribution >= 0.6 is 11.8 Å². The Bertz CT molecular complexity index is 1030. The highest BCUT2D eigenvalue weighted by atomic mass is 32.2. The summed E-state index contributed by atoms with van der Waals surface area (Å²) in [6, 6.07) is 9.24. The summed E-state index contributed by atoms with van der Waals surface area (Å²) in [5.41, 5.74) is 1.02. The minimum Gasteiger partial charge on any atom is -0.465 e. The average Bonchev–Trinajstić information content (AvgIpc) is 3.58. The van der Waals surface area contributed by atoms with E-state index >= 15 is 0 Å². The number of unbranched alkanes of at least 4 members (excludes halogenated alkanes) is 4. The van der Waals surface area contributed by atoms with Gasteiger partial charge in [-0.1, -0.05) is 55.3 Å². The van der Waals surface area contributed by atoms with Gasteiger partial charge in [0.25, 0.3) is 0 Å².